The number of aromatic nitrogens is 1. The third-order valence-electron chi connectivity index (χ3n) is 3.25. The number of para-hydroxylation sites is 1. The van der Waals surface area contributed by atoms with Gasteiger partial charge in [-0.05, 0) is 31.5 Å². The number of pyridine rings is 1. The van der Waals surface area contributed by atoms with Gasteiger partial charge in [0.05, 0.1) is 12.1 Å². The maximum Gasteiger partial charge on any atom is 0.237 e. The summed E-state index contributed by atoms with van der Waals surface area (Å²) in [5.74, 6) is 0.362. The number of hydrogen-bond acceptors (Lipinski definition) is 4. The molecule has 0 spiro atoms. The Morgan fingerprint density at radius 3 is 2.65 bits per heavy atom. The zero-order valence-electron chi connectivity index (χ0n) is 11.8. The number of anilines is 1. The lowest BCUT2D eigenvalue weighted by Crippen LogP contribution is -2.39. The molecule has 0 aliphatic heterocycles. The Bertz CT molecular complexity index is 624. The summed E-state index contributed by atoms with van der Waals surface area (Å²) < 4.78 is 0. The first-order chi connectivity index (χ1) is 9.52. The first-order valence-electron chi connectivity index (χ1n) is 6.66. The maximum absolute atomic E-state index is 11.2. The Balaban J connectivity index is 2.55. The summed E-state index contributed by atoms with van der Waals surface area (Å²) in [6.45, 7) is 4.58. The van der Waals surface area contributed by atoms with Gasteiger partial charge in [-0.2, -0.15) is 0 Å². The van der Waals surface area contributed by atoms with Gasteiger partial charge in [0.25, 0.3) is 0 Å². The Morgan fingerprint density at radius 1 is 1.35 bits per heavy atom. The van der Waals surface area contributed by atoms with E-state index in [0.717, 1.165) is 22.3 Å². The maximum atomic E-state index is 11.2. The summed E-state index contributed by atoms with van der Waals surface area (Å²) in [6.07, 6.45) is 0. The molecule has 1 aromatic carbocycles. The first kappa shape index (κ1) is 14.3. The highest BCUT2D eigenvalue weighted by molar-refractivity contribution is 5.85. The number of nitrogens with two attached hydrogens (primary N) is 2. The van der Waals surface area contributed by atoms with E-state index in [1.54, 1.807) is 0 Å². The van der Waals surface area contributed by atoms with Gasteiger partial charge in [0, 0.05) is 18.0 Å². The van der Waals surface area contributed by atoms with Crippen LogP contribution in [0.4, 0.5) is 5.82 Å². The summed E-state index contributed by atoms with van der Waals surface area (Å²) >= 11 is 0. The van der Waals surface area contributed by atoms with Gasteiger partial charge in [-0.1, -0.05) is 18.2 Å². The fourth-order valence-corrected chi connectivity index (χ4v) is 2.24. The van der Waals surface area contributed by atoms with E-state index in [1.807, 2.05) is 49.1 Å². The van der Waals surface area contributed by atoms with Crippen molar-refractivity contribution in [1.82, 2.24) is 4.98 Å². The van der Waals surface area contributed by atoms with Crippen LogP contribution in [0.1, 0.15) is 19.4 Å². The van der Waals surface area contributed by atoms with Crippen LogP contribution < -0.4 is 16.4 Å². The van der Waals surface area contributed by atoms with Crippen LogP contribution in [0, 0.1) is 0 Å². The molecular weight excluding hydrogens is 252 g/mol. The van der Waals surface area contributed by atoms with E-state index in [-0.39, 0.29) is 18.5 Å². The number of carbonyl (C=O) groups excluding carboxylic acids is 1. The average molecular weight is 272 g/mol. The molecule has 0 saturated carbocycles. The molecule has 5 heteroatoms. The lowest BCUT2D eigenvalue weighted by Gasteiger charge is -2.27. The number of fused-ring (bicyclic) bond motifs is 1. The monoisotopic (exact) mass is 272 g/mol. The molecule has 0 saturated heterocycles. The van der Waals surface area contributed by atoms with Crippen LogP contribution in [0.15, 0.2) is 30.3 Å². The zero-order valence-corrected chi connectivity index (χ0v) is 11.8. The van der Waals surface area contributed by atoms with E-state index in [1.165, 1.54) is 0 Å². The highest BCUT2D eigenvalue weighted by Crippen LogP contribution is 2.23. The minimum absolute atomic E-state index is 0.127. The van der Waals surface area contributed by atoms with Gasteiger partial charge in [-0.3, -0.25) is 4.79 Å². The second-order valence-corrected chi connectivity index (χ2v) is 5.05. The minimum Gasteiger partial charge on any atom is -0.368 e. The normalized spacial score (nSPS) is 11.0. The van der Waals surface area contributed by atoms with E-state index >= 15 is 0 Å². The van der Waals surface area contributed by atoms with Crippen LogP contribution >= 0.6 is 0 Å². The third-order valence-corrected chi connectivity index (χ3v) is 3.25. The molecule has 106 valence electrons. The molecule has 0 aliphatic carbocycles. The Kier molecular flexibility index (Phi) is 4.20. The average Bonchev–Trinajstić information content (AvgIpc) is 2.43. The van der Waals surface area contributed by atoms with E-state index in [4.69, 9.17) is 11.5 Å². The quantitative estimate of drug-likeness (QED) is 0.861. The molecule has 20 heavy (non-hydrogen) atoms. The van der Waals surface area contributed by atoms with Crippen LogP contribution in [-0.4, -0.2) is 23.5 Å². The Morgan fingerprint density at radius 2 is 2.05 bits per heavy atom. The molecule has 2 aromatic rings. The topological polar surface area (TPSA) is 85.2 Å². The predicted molar refractivity (Wildman–Crippen MR) is 81.3 cm³/mol. The van der Waals surface area contributed by atoms with Crippen LogP contribution in [0.3, 0.4) is 0 Å². The van der Waals surface area contributed by atoms with Crippen molar-refractivity contribution in [2.24, 2.45) is 11.5 Å². The van der Waals surface area contributed by atoms with Gasteiger partial charge in [-0.25, -0.2) is 4.98 Å². The number of hydrogen-bond donors (Lipinski definition) is 2. The van der Waals surface area contributed by atoms with Crippen molar-refractivity contribution in [2.45, 2.75) is 26.4 Å². The highest BCUT2D eigenvalue weighted by Gasteiger charge is 2.16. The fourth-order valence-electron chi connectivity index (χ4n) is 2.24. The lowest BCUT2D eigenvalue weighted by molar-refractivity contribution is -0.116. The molecule has 0 fully saturated rings. The molecule has 0 aliphatic rings. The van der Waals surface area contributed by atoms with E-state index < -0.39 is 0 Å². The van der Waals surface area contributed by atoms with Crippen LogP contribution in [0.2, 0.25) is 0 Å². The fraction of sp³-hybridized carbons (Fsp3) is 0.333. The van der Waals surface area contributed by atoms with Crippen LogP contribution in [0.5, 0.6) is 0 Å². The van der Waals surface area contributed by atoms with Crippen molar-refractivity contribution in [3.8, 4) is 0 Å². The van der Waals surface area contributed by atoms with Crippen molar-refractivity contribution in [3.63, 3.8) is 0 Å². The minimum atomic E-state index is -0.372. The van der Waals surface area contributed by atoms with Crippen molar-refractivity contribution in [2.75, 3.05) is 11.4 Å². The lowest BCUT2D eigenvalue weighted by atomic mass is 10.1. The summed E-state index contributed by atoms with van der Waals surface area (Å²) in [5, 5.41) is 1.04. The van der Waals surface area contributed by atoms with E-state index in [0.29, 0.717) is 6.54 Å². The van der Waals surface area contributed by atoms with E-state index in [2.05, 4.69) is 4.98 Å². The van der Waals surface area contributed by atoms with Crippen molar-refractivity contribution < 1.29 is 4.79 Å². The first-order valence-corrected chi connectivity index (χ1v) is 6.66. The number of amides is 1. The summed E-state index contributed by atoms with van der Waals surface area (Å²) in [4.78, 5) is 17.7. The molecule has 0 radical (unpaired) electrons. The molecule has 4 N–H and O–H groups in total. The van der Waals surface area contributed by atoms with Crippen molar-refractivity contribution in [3.05, 3.63) is 35.9 Å². The summed E-state index contributed by atoms with van der Waals surface area (Å²) in [7, 11) is 0. The van der Waals surface area contributed by atoms with Crippen LogP contribution in [-0.2, 0) is 11.3 Å². The summed E-state index contributed by atoms with van der Waals surface area (Å²) in [6, 6.07) is 9.91. The van der Waals surface area contributed by atoms with Gasteiger partial charge in [-0.15, -0.1) is 0 Å². The van der Waals surface area contributed by atoms with Crippen molar-refractivity contribution in [1.29, 1.82) is 0 Å². The van der Waals surface area contributed by atoms with Gasteiger partial charge in [0.1, 0.15) is 5.82 Å². The Hall–Kier alpha value is -2.14. The largest absolute Gasteiger partial charge is 0.368 e. The molecule has 0 bridgehead atoms. The Labute approximate surface area is 118 Å². The molecule has 2 rings (SSSR count). The smallest absolute Gasteiger partial charge is 0.237 e. The van der Waals surface area contributed by atoms with Crippen molar-refractivity contribution >= 4 is 22.6 Å². The molecule has 1 amide bonds. The number of carbonyl (C=O) groups is 1. The second kappa shape index (κ2) is 5.88. The number of rotatable bonds is 5. The van der Waals surface area contributed by atoms with Gasteiger partial charge in [0.2, 0.25) is 5.91 Å². The standard InChI is InChI=1S/C15H20N4O/c1-10(2)19(9-14(17)20)15-7-11(8-16)12-5-3-4-6-13(12)18-15/h3-7,10H,8-9,16H2,1-2H3,(H2,17,20). The van der Waals surface area contributed by atoms with Crippen LogP contribution in [0.25, 0.3) is 10.9 Å². The zero-order chi connectivity index (χ0) is 14.7. The molecule has 0 atom stereocenters. The van der Waals surface area contributed by atoms with Gasteiger partial charge in [0.15, 0.2) is 0 Å². The summed E-state index contributed by atoms with van der Waals surface area (Å²) in [5.41, 5.74) is 13.0. The van der Waals surface area contributed by atoms with E-state index in [9.17, 15) is 4.79 Å². The SMILES string of the molecule is CC(C)N(CC(N)=O)c1cc(CN)c2ccccc2n1. The predicted octanol–water partition coefficient (Wildman–Crippen LogP) is 1.39. The number of benzene rings is 1. The van der Waals surface area contributed by atoms with Gasteiger partial charge < -0.3 is 16.4 Å². The number of primary amides is 1. The molecule has 0 unspecified atom stereocenters. The molecular formula is C15H20N4O. The molecule has 1 aromatic heterocycles. The number of nitrogens with zero attached hydrogens (tertiary/aromatic N) is 2. The highest BCUT2D eigenvalue weighted by atomic mass is 16.1. The second-order valence-electron chi connectivity index (χ2n) is 5.05. The molecule has 1 heterocycles. The molecule has 5 nitrogen and oxygen atoms in total. The third kappa shape index (κ3) is 2.88. The van der Waals surface area contributed by atoms with Gasteiger partial charge >= 0.3 is 0 Å².